The molecule has 2 aliphatic heterocycles. The number of likely N-dealkylation sites (N-methyl/N-ethyl adjacent to an activating group) is 1. The van der Waals surface area contributed by atoms with Gasteiger partial charge in [0.2, 0.25) is 11.9 Å². The second-order valence-corrected chi connectivity index (χ2v) is 11.6. The SMILES string of the molecule is COC(=O)[C@H](CNC(=O)C(=O)N(C)C)NC(=O)c1ccc2cc1OCCCCCCOc1ccc(cc1)CNc1nc(nc(OCC(F)(F)F)n1)N2. The van der Waals surface area contributed by atoms with E-state index in [0.29, 0.717) is 18.8 Å². The van der Waals surface area contributed by atoms with Crippen molar-refractivity contribution in [3.63, 3.8) is 0 Å². The average molecular weight is 733 g/mol. The lowest BCUT2D eigenvalue weighted by molar-refractivity contribution is -0.154. The largest absolute Gasteiger partial charge is 0.494 e. The van der Waals surface area contributed by atoms with E-state index in [1.54, 1.807) is 0 Å². The van der Waals surface area contributed by atoms with E-state index in [4.69, 9.17) is 18.9 Å². The first-order chi connectivity index (χ1) is 24.8. The van der Waals surface area contributed by atoms with Gasteiger partial charge in [0.15, 0.2) is 6.61 Å². The van der Waals surface area contributed by atoms with E-state index >= 15 is 0 Å². The summed E-state index contributed by atoms with van der Waals surface area (Å²) < 4.78 is 60.3. The van der Waals surface area contributed by atoms with Crippen molar-refractivity contribution in [2.24, 2.45) is 0 Å². The number of nitrogens with zero attached hydrogens (tertiary/aromatic N) is 4. The van der Waals surface area contributed by atoms with Gasteiger partial charge in [-0.3, -0.25) is 14.4 Å². The Hall–Kier alpha value is -5.88. The van der Waals surface area contributed by atoms with Crippen LogP contribution in [0.3, 0.4) is 0 Å². The molecule has 280 valence electrons. The van der Waals surface area contributed by atoms with Crippen LogP contribution in [0.25, 0.3) is 0 Å². The minimum Gasteiger partial charge on any atom is -0.494 e. The number of methoxy groups -OCH3 is 1. The molecule has 0 saturated heterocycles. The average Bonchev–Trinajstić information content (AvgIpc) is 3.11. The monoisotopic (exact) mass is 732 g/mol. The Kier molecular flexibility index (Phi) is 13.8. The van der Waals surface area contributed by atoms with Crippen molar-refractivity contribution in [1.29, 1.82) is 0 Å². The van der Waals surface area contributed by atoms with Crippen LogP contribution in [-0.4, -0.2) is 103 Å². The van der Waals surface area contributed by atoms with Crippen LogP contribution in [0.2, 0.25) is 0 Å². The van der Waals surface area contributed by atoms with Crippen LogP contribution in [0.5, 0.6) is 17.5 Å². The van der Waals surface area contributed by atoms with Crippen LogP contribution in [-0.2, 0) is 25.7 Å². The lowest BCUT2D eigenvalue weighted by Gasteiger charge is -2.19. The summed E-state index contributed by atoms with van der Waals surface area (Å²) >= 11 is 0. The number of carbonyl (C=O) groups excluding carboxylic acids is 4. The number of carbonyl (C=O) groups is 4. The van der Waals surface area contributed by atoms with E-state index in [1.165, 1.54) is 32.3 Å². The number of nitrogens with one attached hydrogen (secondary N) is 4. The summed E-state index contributed by atoms with van der Waals surface area (Å²) in [7, 11) is 3.86. The first kappa shape index (κ1) is 38.9. The zero-order valence-electron chi connectivity index (χ0n) is 28.7. The molecule has 6 bridgehead atoms. The molecule has 3 heterocycles. The highest BCUT2D eigenvalue weighted by Crippen LogP contribution is 2.27. The van der Waals surface area contributed by atoms with Gasteiger partial charge in [0.1, 0.15) is 17.5 Å². The van der Waals surface area contributed by atoms with Crippen LogP contribution < -0.4 is 35.5 Å². The van der Waals surface area contributed by atoms with Crippen LogP contribution in [0.1, 0.15) is 41.6 Å². The van der Waals surface area contributed by atoms with Gasteiger partial charge in [-0.25, -0.2) is 4.79 Å². The number of anilines is 3. The van der Waals surface area contributed by atoms with E-state index in [1.807, 2.05) is 24.3 Å². The van der Waals surface area contributed by atoms with Crippen molar-refractivity contribution in [2.45, 2.75) is 44.4 Å². The number of hydrogen-bond acceptors (Lipinski definition) is 13. The van der Waals surface area contributed by atoms with Gasteiger partial charge in [0.25, 0.3) is 5.91 Å². The molecule has 0 spiro atoms. The second-order valence-electron chi connectivity index (χ2n) is 11.6. The minimum atomic E-state index is -4.65. The maximum Gasteiger partial charge on any atom is 0.422 e. The van der Waals surface area contributed by atoms with Crippen LogP contribution >= 0.6 is 0 Å². The van der Waals surface area contributed by atoms with E-state index in [9.17, 15) is 32.3 Å². The van der Waals surface area contributed by atoms with Gasteiger partial charge in [-0.1, -0.05) is 12.1 Å². The number of fused-ring (bicyclic) bond motifs is 10. The lowest BCUT2D eigenvalue weighted by atomic mass is 10.1. The molecule has 2 aromatic carbocycles. The van der Waals surface area contributed by atoms with Crippen molar-refractivity contribution < 1.29 is 51.3 Å². The highest BCUT2D eigenvalue weighted by Gasteiger charge is 2.30. The fourth-order valence-corrected chi connectivity index (χ4v) is 4.60. The summed E-state index contributed by atoms with van der Waals surface area (Å²) in [6, 6.07) is 9.60. The number of esters is 1. The highest BCUT2D eigenvalue weighted by molar-refractivity contribution is 6.34. The molecule has 2 aliphatic rings. The summed E-state index contributed by atoms with van der Waals surface area (Å²) in [6.07, 6.45) is -1.60. The number of hydrogen-bond donors (Lipinski definition) is 4. The van der Waals surface area contributed by atoms with E-state index in [-0.39, 0.29) is 42.0 Å². The van der Waals surface area contributed by atoms with E-state index in [2.05, 4.69) is 36.2 Å². The minimum absolute atomic E-state index is 0.00124. The number of benzene rings is 2. The normalized spacial score (nSPS) is 14.0. The summed E-state index contributed by atoms with van der Waals surface area (Å²) in [4.78, 5) is 63.4. The van der Waals surface area contributed by atoms with Crippen molar-refractivity contribution in [3.05, 3.63) is 53.6 Å². The first-order valence-corrected chi connectivity index (χ1v) is 16.1. The molecule has 0 saturated carbocycles. The number of rotatable bonds is 7. The van der Waals surface area contributed by atoms with Gasteiger partial charge in [-0.05, 0) is 55.5 Å². The third-order valence-electron chi connectivity index (χ3n) is 7.26. The van der Waals surface area contributed by atoms with Crippen molar-refractivity contribution in [2.75, 3.05) is 58.2 Å². The topological polar surface area (TPSA) is 195 Å². The fraction of sp³-hybridized carbons (Fsp3) is 0.424. The molecule has 3 amide bonds. The smallest absolute Gasteiger partial charge is 0.422 e. The number of alkyl halides is 3. The summed E-state index contributed by atoms with van der Waals surface area (Å²) in [5.41, 5.74) is 1.10. The third kappa shape index (κ3) is 12.2. The van der Waals surface area contributed by atoms with E-state index < -0.39 is 55.1 Å². The first-order valence-electron chi connectivity index (χ1n) is 16.1. The number of aromatic nitrogens is 3. The van der Waals surface area contributed by atoms with Gasteiger partial charge in [-0.2, -0.15) is 28.1 Å². The highest BCUT2D eigenvalue weighted by atomic mass is 19.4. The van der Waals surface area contributed by atoms with Crippen LogP contribution in [0, 0.1) is 0 Å². The molecule has 1 atom stereocenters. The molecule has 3 aromatic rings. The molecule has 0 unspecified atom stereocenters. The van der Waals surface area contributed by atoms with Crippen molar-refractivity contribution in [1.82, 2.24) is 30.5 Å². The maximum absolute atomic E-state index is 13.5. The zero-order valence-corrected chi connectivity index (χ0v) is 28.7. The van der Waals surface area contributed by atoms with Gasteiger partial charge in [-0.15, -0.1) is 0 Å². The van der Waals surface area contributed by atoms with Crippen molar-refractivity contribution in [3.8, 4) is 17.5 Å². The molecule has 0 fully saturated rings. The second kappa shape index (κ2) is 18.4. The van der Waals surface area contributed by atoms with Gasteiger partial charge in [0.05, 0.1) is 25.9 Å². The van der Waals surface area contributed by atoms with Gasteiger partial charge < -0.3 is 45.1 Å². The lowest BCUT2D eigenvalue weighted by Crippen LogP contribution is -2.51. The molecule has 0 radical (unpaired) electrons. The predicted molar refractivity (Wildman–Crippen MR) is 179 cm³/mol. The molecule has 52 heavy (non-hydrogen) atoms. The predicted octanol–water partition coefficient (Wildman–Crippen LogP) is 2.98. The zero-order chi connectivity index (χ0) is 37.7. The fourth-order valence-electron chi connectivity index (χ4n) is 4.60. The standard InChI is InChI=1S/C33H39F3N8O8/c1-44(2)28(47)27(46)37-18-24(29(48)49-3)40-26(45)23-13-10-21-16-25(23)51-15-7-5-4-6-14-50-22-11-8-20(9-12-22)17-38-30-41-31(39-21)43-32(42-30)52-19-33(34,35)36/h8-13,16,24H,4-7,14-15,17-19H2,1-3H3,(H,37,46)(H,40,45)(H2,38,39,41,42,43)/t24-/m0/s1. The quantitative estimate of drug-likeness (QED) is 0.205. The molecule has 0 aliphatic carbocycles. The number of ether oxygens (including phenoxy) is 4. The number of amides is 3. The van der Waals surface area contributed by atoms with Gasteiger partial charge in [0, 0.05) is 38.9 Å². The summed E-state index contributed by atoms with van der Waals surface area (Å²) in [6.45, 7) is -1.18. The Labute approximate surface area is 296 Å². The molecule has 16 nitrogen and oxygen atoms in total. The molecule has 1 aromatic heterocycles. The van der Waals surface area contributed by atoms with Gasteiger partial charge >= 0.3 is 30.0 Å². The van der Waals surface area contributed by atoms with E-state index in [0.717, 1.165) is 36.8 Å². The Morgan fingerprint density at radius 1 is 0.942 bits per heavy atom. The summed E-state index contributed by atoms with van der Waals surface area (Å²) in [5.74, 6) is -3.01. The maximum atomic E-state index is 13.5. The third-order valence-corrected chi connectivity index (χ3v) is 7.26. The Balaban J connectivity index is 1.61. The van der Waals surface area contributed by atoms with Crippen molar-refractivity contribution >= 4 is 41.3 Å². The molecule has 4 N–H and O–H groups in total. The Morgan fingerprint density at radius 2 is 1.63 bits per heavy atom. The summed E-state index contributed by atoms with van der Waals surface area (Å²) in [5, 5.41) is 10.6. The molecule has 5 rings (SSSR count). The molecular formula is C33H39F3N8O8. The molecule has 19 heteroatoms. The van der Waals surface area contributed by atoms with Crippen LogP contribution in [0.15, 0.2) is 42.5 Å². The number of halogens is 3. The Bertz CT molecular complexity index is 1710. The molecular weight excluding hydrogens is 693 g/mol. The Morgan fingerprint density at radius 3 is 2.31 bits per heavy atom. The van der Waals surface area contributed by atoms with Crippen LogP contribution in [0.4, 0.5) is 30.8 Å².